The zero-order chi connectivity index (χ0) is 13.9. The van der Waals surface area contributed by atoms with E-state index in [1.54, 1.807) is 24.3 Å². The molecule has 0 heterocycles. The molecule has 1 aliphatic rings. The monoisotopic (exact) mass is 346 g/mol. The third-order valence-corrected chi connectivity index (χ3v) is 5.43. The Morgan fingerprint density at radius 1 is 1.16 bits per heavy atom. The number of nitrogens with one attached hydrogen (secondary N) is 2. The molecule has 2 amide bonds. The average Bonchev–Trinajstić information content (AvgIpc) is 2.85. The lowest BCUT2D eigenvalue weighted by Gasteiger charge is -2.13. The third-order valence-electron chi connectivity index (χ3n) is 3.08. The minimum atomic E-state index is -3.56. The van der Waals surface area contributed by atoms with Gasteiger partial charge in [-0.05, 0) is 37.1 Å². The number of hydrogen-bond acceptors (Lipinski definition) is 3. The first-order valence-corrected chi connectivity index (χ1v) is 8.39. The van der Waals surface area contributed by atoms with E-state index in [-0.39, 0.29) is 0 Å². The third kappa shape index (κ3) is 3.94. The van der Waals surface area contributed by atoms with Crippen molar-refractivity contribution in [1.82, 2.24) is 4.72 Å². The Kier molecular flexibility index (Phi) is 4.46. The molecule has 19 heavy (non-hydrogen) atoms. The fourth-order valence-electron chi connectivity index (χ4n) is 2.10. The SMILES string of the molecule is O=C(Nc1ccc(Br)cc1)NS(=O)(=O)C1CCCC1. The summed E-state index contributed by atoms with van der Waals surface area (Å²) < 4.78 is 26.8. The number of carbonyl (C=O) groups excluding carboxylic acids is 1. The number of carbonyl (C=O) groups is 1. The van der Waals surface area contributed by atoms with Crippen molar-refractivity contribution in [2.24, 2.45) is 0 Å². The number of anilines is 1. The summed E-state index contributed by atoms with van der Waals surface area (Å²) in [5.41, 5.74) is 0.544. The lowest BCUT2D eigenvalue weighted by Crippen LogP contribution is -2.39. The summed E-state index contributed by atoms with van der Waals surface area (Å²) in [7, 11) is -3.56. The van der Waals surface area contributed by atoms with E-state index in [9.17, 15) is 13.2 Å². The van der Waals surface area contributed by atoms with Crippen molar-refractivity contribution in [2.45, 2.75) is 30.9 Å². The maximum absolute atomic E-state index is 11.9. The zero-order valence-corrected chi connectivity index (χ0v) is 12.6. The molecule has 0 radical (unpaired) electrons. The van der Waals surface area contributed by atoms with E-state index in [2.05, 4.69) is 26.0 Å². The van der Waals surface area contributed by atoms with Crippen LogP contribution in [0, 0.1) is 0 Å². The fraction of sp³-hybridized carbons (Fsp3) is 0.417. The number of rotatable bonds is 3. The molecule has 2 N–H and O–H groups in total. The first-order chi connectivity index (χ1) is 8.97. The van der Waals surface area contributed by atoms with Crippen LogP contribution in [0.2, 0.25) is 0 Å². The van der Waals surface area contributed by atoms with Crippen molar-refractivity contribution < 1.29 is 13.2 Å². The summed E-state index contributed by atoms with van der Waals surface area (Å²) in [5.74, 6) is 0. The van der Waals surface area contributed by atoms with Gasteiger partial charge < -0.3 is 5.32 Å². The summed E-state index contributed by atoms with van der Waals surface area (Å²) in [5, 5.41) is 2.06. The van der Waals surface area contributed by atoms with Crippen LogP contribution < -0.4 is 10.0 Å². The number of benzene rings is 1. The molecule has 0 atom stereocenters. The van der Waals surface area contributed by atoms with Crippen molar-refractivity contribution in [3.05, 3.63) is 28.7 Å². The fourth-order valence-corrected chi connectivity index (χ4v) is 3.80. The Labute approximate surface area is 121 Å². The van der Waals surface area contributed by atoms with Crippen LogP contribution in [0.5, 0.6) is 0 Å². The van der Waals surface area contributed by atoms with Crippen LogP contribution in [0.1, 0.15) is 25.7 Å². The largest absolute Gasteiger partial charge is 0.332 e. The van der Waals surface area contributed by atoms with Gasteiger partial charge in [0, 0.05) is 10.2 Å². The Hall–Kier alpha value is -1.08. The molecule has 1 saturated carbocycles. The molecule has 0 bridgehead atoms. The molecule has 7 heteroatoms. The van der Waals surface area contributed by atoms with Crippen LogP contribution in [0.15, 0.2) is 28.7 Å². The Morgan fingerprint density at radius 2 is 1.74 bits per heavy atom. The van der Waals surface area contributed by atoms with Gasteiger partial charge in [0.2, 0.25) is 10.0 Å². The van der Waals surface area contributed by atoms with Crippen molar-refractivity contribution in [2.75, 3.05) is 5.32 Å². The van der Waals surface area contributed by atoms with Gasteiger partial charge in [0.25, 0.3) is 0 Å². The van der Waals surface area contributed by atoms with Crippen molar-refractivity contribution in [1.29, 1.82) is 0 Å². The summed E-state index contributed by atoms with van der Waals surface area (Å²) in [6, 6.07) is 6.19. The number of hydrogen-bond donors (Lipinski definition) is 2. The normalized spacial score (nSPS) is 16.3. The van der Waals surface area contributed by atoms with E-state index in [1.165, 1.54) is 0 Å². The lowest BCUT2D eigenvalue weighted by molar-refractivity contribution is 0.256. The zero-order valence-electron chi connectivity index (χ0n) is 10.2. The first kappa shape index (κ1) is 14.3. The topological polar surface area (TPSA) is 75.3 Å². The second kappa shape index (κ2) is 5.92. The second-order valence-electron chi connectivity index (χ2n) is 4.51. The summed E-state index contributed by atoms with van der Waals surface area (Å²) >= 11 is 3.28. The molecule has 5 nitrogen and oxygen atoms in total. The molecule has 0 spiro atoms. The molecule has 0 saturated heterocycles. The van der Waals surface area contributed by atoms with Crippen LogP contribution in [0.4, 0.5) is 10.5 Å². The van der Waals surface area contributed by atoms with E-state index >= 15 is 0 Å². The number of amides is 2. The van der Waals surface area contributed by atoms with Crippen LogP contribution in [-0.4, -0.2) is 19.7 Å². The Balaban J connectivity index is 1.95. The summed E-state index contributed by atoms with van der Waals surface area (Å²) in [4.78, 5) is 11.7. The molecule has 0 unspecified atom stereocenters. The molecule has 104 valence electrons. The van der Waals surface area contributed by atoms with E-state index < -0.39 is 21.3 Å². The van der Waals surface area contributed by atoms with E-state index in [0.29, 0.717) is 18.5 Å². The van der Waals surface area contributed by atoms with Crippen LogP contribution in [0.25, 0.3) is 0 Å². The molecule has 2 rings (SSSR count). The smallest absolute Gasteiger partial charge is 0.307 e. The van der Waals surface area contributed by atoms with Gasteiger partial charge in [-0.2, -0.15) is 0 Å². The predicted octanol–water partition coefficient (Wildman–Crippen LogP) is 2.84. The summed E-state index contributed by atoms with van der Waals surface area (Å²) in [6.07, 6.45) is 3.06. The molecule has 1 fully saturated rings. The highest BCUT2D eigenvalue weighted by atomic mass is 79.9. The van der Waals surface area contributed by atoms with Gasteiger partial charge in [-0.15, -0.1) is 0 Å². The van der Waals surface area contributed by atoms with Crippen molar-refractivity contribution in [3.63, 3.8) is 0 Å². The number of urea groups is 1. The number of sulfonamides is 1. The minimum absolute atomic E-state index is 0.442. The van der Waals surface area contributed by atoms with Gasteiger partial charge in [0.1, 0.15) is 0 Å². The molecular weight excluding hydrogens is 332 g/mol. The van der Waals surface area contributed by atoms with E-state index in [1.807, 2.05) is 0 Å². The standard InChI is InChI=1S/C12H15BrN2O3S/c13-9-5-7-10(8-6-9)14-12(16)15-19(17,18)11-3-1-2-4-11/h5-8,11H,1-4H2,(H2,14,15,16). The number of halogens is 1. The molecular formula is C12H15BrN2O3S. The highest BCUT2D eigenvalue weighted by molar-refractivity contribution is 9.10. The minimum Gasteiger partial charge on any atom is -0.307 e. The van der Waals surface area contributed by atoms with Crippen molar-refractivity contribution >= 4 is 37.7 Å². The van der Waals surface area contributed by atoms with Gasteiger partial charge in [0.05, 0.1) is 5.25 Å². The van der Waals surface area contributed by atoms with Gasteiger partial charge in [-0.25, -0.2) is 17.9 Å². The van der Waals surface area contributed by atoms with Gasteiger partial charge >= 0.3 is 6.03 Å². The van der Waals surface area contributed by atoms with Crippen molar-refractivity contribution in [3.8, 4) is 0 Å². The molecule has 0 aliphatic heterocycles. The molecule has 1 aliphatic carbocycles. The maximum Gasteiger partial charge on any atom is 0.332 e. The molecule has 0 aromatic heterocycles. The Morgan fingerprint density at radius 3 is 2.32 bits per heavy atom. The maximum atomic E-state index is 11.9. The van der Waals surface area contributed by atoms with E-state index in [0.717, 1.165) is 17.3 Å². The molecule has 1 aromatic carbocycles. The van der Waals surface area contributed by atoms with Gasteiger partial charge in [0.15, 0.2) is 0 Å². The van der Waals surface area contributed by atoms with Gasteiger partial charge in [-0.3, -0.25) is 0 Å². The van der Waals surface area contributed by atoms with Gasteiger partial charge in [-0.1, -0.05) is 28.8 Å². The highest BCUT2D eigenvalue weighted by Crippen LogP contribution is 2.24. The Bertz CT molecular complexity index is 551. The quantitative estimate of drug-likeness (QED) is 0.883. The average molecular weight is 347 g/mol. The lowest BCUT2D eigenvalue weighted by atomic mass is 10.3. The predicted molar refractivity (Wildman–Crippen MR) is 77.5 cm³/mol. The second-order valence-corrected chi connectivity index (χ2v) is 7.39. The first-order valence-electron chi connectivity index (χ1n) is 6.05. The summed E-state index contributed by atoms with van der Waals surface area (Å²) in [6.45, 7) is 0. The van der Waals surface area contributed by atoms with E-state index in [4.69, 9.17) is 0 Å². The van der Waals surface area contributed by atoms with Crippen LogP contribution in [0.3, 0.4) is 0 Å². The van der Waals surface area contributed by atoms with Crippen LogP contribution in [-0.2, 0) is 10.0 Å². The molecule has 1 aromatic rings. The van der Waals surface area contributed by atoms with Crippen LogP contribution >= 0.6 is 15.9 Å². The highest BCUT2D eigenvalue weighted by Gasteiger charge is 2.30.